The highest BCUT2D eigenvalue weighted by molar-refractivity contribution is 7.92. The summed E-state index contributed by atoms with van der Waals surface area (Å²) in [5, 5.41) is 0. The largest absolute Gasteiger partial charge is 0.465 e. The Labute approximate surface area is 178 Å². The van der Waals surface area contributed by atoms with E-state index in [9.17, 15) is 18.0 Å². The van der Waals surface area contributed by atoms with Crippen molar-refractivity contribution in [3.05, 3.63) is 59.2 Å². The van der Waals surface area contributed by atoms with Crippen LogP contribution in [0.4, 0.5) is 5.69 Å². The number of aryl methyl sites for hydroxylation is 2. The molecule has 1 N–H and O–H groups in total. The van der Waals surface area contributed by atoms with E-state index in [-0.39, 0.29) is 29.7 Å². The van der Waals surface area contributed by atoms with Gasteiger partial charge in [0.2, 0.25) is 0 Å². The second kappa shape index (κ2) is 9.75. The molecule has 0 saturated heterocycles. The SMILES string of the molecule is CCOC(=O)CN(C(=O)c1cc(S(=O)(=O)Nc2cccc(C)c2)ccc1C)C(C)C. The van der Waals surface area contributed by atoms with E-state index in [2.05, 4.69) is 4.72 Å². The zero-order valence-corrected chi connectivity index (χ0v) is 18.7. The molecule has 0 aliphatic carbocycles. The molecule has 2 aromatic carbocycles. The second-order valence-corrected chi connectivity index (χ2v) is 8.97. The first-order valence-electron chi connectivity index (χ1n) is 9.72. The van der Waals surface area contributed by atoms with E-state index >= 15 is 0 Å². The molecule has 162 valence electrons. The minimum atomic E-state index is -3.89. The minimum absolute atomic E-state index is 0.0298. The molecule has 0 fully saturated rings. The monoisotopic (exact) mass is 432 g/mol. The van der Waals surface area contributed by atoms with Crippen molar-refractivity contribution in [1.82, 2.24) is 4.90 Å². The number of anilines is 1. The van der Waals surface area contributed by atoms with Crippen molar-refractivity contribution < 1.29 is 22.7 Å². The van der Waals surface area contributed by atoms with Crippen molar-refractivity contribution in [2.45, 2.75) is 45.6 Å². The summed E-state index contributed by atoms with van der Waals surface area (Å²) in [7, 11) is -3.89. The van der Waals surface area contributed by atoms with E-state index in [0.717, 1.165) is 5.56 Å². The predicted octanol–water partition coefficient (Wildman–Crippen LogP) is 3.52. The normalized spacial score (nSPS) is 11.3. The van der Waals surface area contributed by atoms with Crippen molar-refractivity contribution >= 4 is 27.6 Å². The number of hydrogen-bond acceptors (Lipinski definition) is 5. The molecular formula is C22H28N2O5S. The van der Waals surface area contributed by atoms with Crippen LogP contribution in [0.25, 0.3) is 0 Å². The van der Waals surface area contributed by atoms with Crippen LogP contribution < -0.4 is 4.72 Å². The standard InChI is InChI=1S/C22H28N2O5S/c1-6-29-21(25)14-24(15(2)3)22(26)20-13-19(11-10-17(20)5)30(27,28)23-18-9-7-8-16(4)12-18/h7-13,15,23H,6,14H2,1-5H3. The third kappa shape index (κ3) is 5.82. The van der Waals surface area contributed by atoms with Crippen molar-refractivity contribution in [2.24, 2.45) is 0 Å². The Morgan fingerprint density at radius 1 is 1.10 bits per heavy atom. The first-order chi connectivity index (χ1) is 14.0. The molecule has 0 unspecified atom stereocenters. The van der Waals surface area contributed by atoms with Gasteiger partial charge in [-0.05, 0) is 70.0 Å². The van der Waals surface area contributed by atoms with Gasteiger partial charge in [0.25, 0.3) is 15.9 Å². The molecule has 1 amide bonds. The van der Waals surface area contributed by atoms with Crippen molar-refractivity contribution in [2.75, 3.05) is 17.9 Å². The van der Waals surface area contributed by atoms with Gasteiger partial charge in [0.15, 0.2) is 0 Å². The molecule has 0 bridgehead atoms. The Kier molecular flexibility index (Phi) is 7.61. The fourth-order valence-corrected chi connectivity index (χ4v) is 3.99. The van der Waals surface area contributed by atoms with Gasteiger partial charge >= 0.3 is 5.97 Å². The number of rotatable bonds is 8. The molecule has 0 atom stereocenters. The van der Waals surface area contributed by atoms with E-state index < -0.39 is 21.9 Å². The lowest BCUT2D eigenvalue weighted by molar-refractivity contribution is -0.144. The molecule has 2 rings (SSSR count). The van der Waals surface area contributed by atoms with Crippen LogP contribution in [0.1, 0.15) is 42.3 Å². The van der Waals surface area contributed by atoms with E-state index in [4.69, 9.17) is 4.74 Å². The maximum Gasteiger partial charge on any atom is 0.325 e. The van der Waals surface area contributed by atoms with Crippen LogP contribution in [0, 0.1) is 13.8 Å². The van der Waals surface area contributed by atoms with E-state index in [1.165, 1.54) is 17.0 Å². The third-order valence-electron chi connectivity index (χ3n) is 4.51. The number of carbonyl (C=O) groups excluding carboxylic acids is 2. The van der Waals surface area contributed by atoms with Gasteiger partial charge < -0.3 is 9.64 Å². The Morgan fingerprint density at radius 3 is 2.40 bits per heavy atom. The molecule has 0 saturated carbocycles. The lowest BCUT2D eigenvalue weighted by Crippen LogP contribution is -2.41. The quantitative estimate of drug-likeness (QED) is 0.645. The first kappa shape index (κ1) is 23.4. The smallest absolute Gasteiger partial charge is 0.325 e. The number of hydrogen-bond donors (Lipinski definition) is 1. The summed E-state index contributed by atoms with van der Waals surface area (Å²) in [4.78, 5) is 26.4. The lowest BCUT2D eigenvalue weighted by atomic mass is 10.1. The number of sulfonamides is 1. The topological polar surface area (TPSA) is 92.8 Å². The summed E-state index contributed by atoms with van der Waals surface area (Å²) >= 11 is 0. The molecule has 0 spiro atoms. The van der Waals surface area contributed by atoms with Crippen molar-refractivity contribution in [3.63, 3.8) is 0 Å². The van der Waals surface area contributed by atoms with Crippen LogP contribution in [-0.4, -0.2) is 44.4 Å². The van der Waals surface area contributed by atoms with E-state index in [1.54, 1.807) is 52.0 Å². The molecule has 0 aliphatic heterocycles. The summed E-state index contributed by atoms with van der Waals surface area (Å²) < 4.78 is 33.2. The number of benzene rings is 2. The zero-order valence-electron chi connectivity index (χ0n) is 17.9. The van der Waals surface area contributed by atoms with Gasteiger partial charge in [-0.2, -0.15) is 0 Å². The molecular weight excluding hydrogens is 404 g/mol. The number of nitrogens with one attached hydrogen (secondary N) is 1. The van der Waals surface area contributed by atoms with E-state index in [1.807, 2.05) is 13.0 Å². The Hall–Kier alpha value is -2.87. The minimum Gasteiger partial charge on any atom is -0.465 e. The highest BCUT2D eigenvalue weighted by Crippen LogP contribution is 2.21. The van der Waals surface area contributed by atoms with Gasteiger partial charge in [0, 0.05) is 17.3 Å². The van der Waals surface area contributed by atoms with E-state index in [0.29, 0.717) is 11.3 Å². The number of carbonyl (C=O) groups is 2. The van der Waals surface area contributed by atoms with Gasteiger partial charge in [-0.3, -0.25) is 14.3 Å². The highest BCUT2D eigenvalue weighted by atomic mass is 32.2. The lowest BCUT2D eigenvalue weighted by Gasteiger charge is -2.26. The van der Waals surface area contributed by atoms with Gasteiger partial charge in [0.1, 0.15) is 6.54 Å². The van der Waals surface area contributed by atoms with Crippen molar-refractivity contribution in [1.29, 1.82) is 0 Å². The van der Waals surface area contributed by atoms with Crippen LogP contribution >= 0.6 is 0 Å². The Balaban J connectivity index is 2.37. The summed E-state index contributed by atoms with van der Waals surface area (Å²) in [5.74, 6) is -0.940. The van der Waals surface area contributed by atoms with Crippen molar-refractivity contribution in [3.8, 4) is 0 Å². The Bertz CT molecular complexity index is 1030. The highest BCUT2D eigenvalue weighted by Gasteiger charge is 2.25. The first-order valence-corrected chi connectivity index (χ1v) is 11.2. The molecule has 2 aromatic rings. The number of amides is 1. The van der Waals surface area contributed by atoms with Gasteiger partial charge in [-0.1, -0.05) is 18.2 Å². The van der Waals surface area contributed by atoms with Crippen LogP contribution in [0.15, 0.2) is 47.4 Å². The van der Waals surface area contributed by atoms with Gasteiger partial charge in [-0.15, -0.1) is 0 Å². The summed E-state index contributed by atoms with van der Waals surface area (Å²) in [6.45, 7) is 8.86. The molecule has 0 radical (unpaired) electrons. The fraction of sp³-hybridized carbons (Fsp3) is 0.364. The Morgan fingerprint density at radius 2 is 1.80 bits per heavy atom. The van der Waals surface area contributed by atoms with Crippen LogP contribution in [0.5, 0.6) is 0 Å². The maximum absolute atomic E-state index is 13.1. The van der Waals surface area contributed by atoms with Crippen LogP contribution in [0.3, 0.4) is 0 Å². The second-order valence-electron chi connectivity index (χ2n) is 7.28. The van der Waals surface area contributed by atoms with Crippen LogP contribution in [-0.2, 0) is 19.6 Å². The fourth-order valence-electron chi connectivity index (χ4n) is 2.91. The number of nitrogens with zero attached hydrogens (tertiary/aromatic N) is 1. The average molecular weight is 433 g/mol. The average Bonchev–Trinajstić information content (AvgIpc) is 2.65. The summed E-state index contributed by atoms with van der Waals surface area (Å²) in [6, 6.07) is 11.1. The number of esters is 1. The molecule has 8 heteroatoms. The maximum atomic E-state index is 13.1. The third-order valence-corrected chi connectivity index (χ3v) is 5.89. The number of ether oxygens (including phenoxy) is 1. The molecule has 0 heterocycles. The summed E-state index contributed by atoms with van der Waals surface area (Å²) in [6.07, 6.45) is 0. The zero-order chi connectivity index (χ0) is 22.5. The van der Waals surface area contributed by atoms with Gasteiger partial charge in [-0.25, -0.2) is 8.42 Å². The molecule has 0 aromatic heterocycles. The predicted molar refractivity (Wildman–Crippen MR) is 116 cm³/mol. The van der Waals surface area contributed by atoms with Crippen LogP contribution in [0.2, 0.25) is 0 Å². The molecule has 30 heavy (non-hydrogen) atoms. The summed E-state index contributed by atoms with van der Waals surface area (Å²) in [5.41, 5.74) is 2.19. The van der Waals surface area contributed by atoms with Gasteiger partial charge in [0.05, 0.1) is 11.5 Å². The molecule has 0 aliphatic rings. The molecule has 7 nitrogen and oxygen atoms in total.